The van der Waals surface area contributed by atoms with Gasteiger partial charge in [0.15, 0.2) is 0 Å². The quantitative estimate of drug-likeness (QED) is 0.535. The topological polar surface area (TPSA) is 85.8 Å². The average Bonchev–Trinajstić information content (AvgIpc) is 3.39. The molecule has 4 aromatic rings. The monoisotopic (exact) mass is 373 g/mol. The van der Waals surface area contributed by atoms with E-state index in [2.05, 4.69) is 20.4 Å². The molecule has 2 aromatic carbocycles. The normalized spacial score (nSPS) is 10.7. The van der Waals surface area contributed by atoms with Crippen LogP contribution in [0.5, 0.6) is 0 Å². The second-order valence-electron chi connectivity index (χ2n) is 6.36. The molecule has 1 N–H and O–H groups in total. The summed E-state index contributed by atoms with van der Waals surface area (Å²) in [5.74, 6) is 0.880. The molecule has 0 saturated carbocycles. The van der Waals surface area contributed by atoms with Crippen LogP contribution in [0, 0.1) is 0 Å². The smallest absolute Gasteiger partial charge is 0.227 e. The molecule has 0 aliphatic heterocycles. The molecule has 1 amide bonds. The van der Waals surface area contributed by atoms with E-state index in [1.807, 2.05) is 65.4 Å². The van der Waals surface area contributed by atoms with Crippen LogP contribution in [-0.2, 0) is 17.8 Å². The Morgan fingerprint density at radius 3 is 2.82 bits per heavy atom. The lowest BCUT2D eigenvalue weighted by Crippen LogP contribution is -2.12. The first-order valence-electron chi connectivity index (χ1n) is 8.99. The molecule has 0 bridgehead atoms. The second-order valence-corrected chi connectivity index (χ2v) is 6.36. The van der Waals surface area contributed by atoms with Crippen molar-refractivity contribution in [1.82, 2.24) is 19.7 Å². The molecule has 0 radical (unpaired) electrons. The number of hydrogen-bond donors (Lipinski definition) is 1. The summed E-state index contributed by atoms with van der Waals surface area (Å²) in [4.78, 5) is 20.7. The lowest BCUT2D eigenvalue weighted by molar-refractivity contribution is -0.116. The van der Waals surface area contributed by atoms with Crippen molar-refractivity contribution in [3.63, 3.8) is 0 Å². The fourth-order valence-electron chi connectivity index (χ4n) is 2.84. The first kappa shape index (κ1) is 17.7. The van der Waals surface area contributed by atoms with Crippen LogP contribution in [0.1, 0.15) is 17.9 Å². The van der Waals surface area contributed by atoms with E-state index in [-0.39, 0.29) is 12.3 Å². The summed E-state index contributed by atoms with van der Waals surface area (Å²) in [5.41, 5.74) is 2.73. The highest BCUT2D eigenvalue weighted by Gasteiger charge is 2.11. The third kappa shape index (κ3) is 4.50. The minimum atomic E-state index is -0.0979. The summed E-state index contributed by atoms with van der Waals surface area (Å²) in [6, 6.07) is 17.4. The number of amides is 1. The highest BCUT2D eigenvalue weighted by Crippen LogP contribution is 2.16. The standard InChI is InChI=1S/C21H19N5O2/c27-19(9-10-20-24-21(25-28-20)17-6-2-1-3-7-17)23-18-8-4-5-16(13-18)14-26-12-11-22-15-26/h1-8,11-13,15H,9-10,14H2,(H,23,27). The molecule has 7 nitrogen and oxygen atoms in total. The first-order valence-corrected chi connectivity index (χ1v) is 8.99. The van der Waals surface area contributed by atoms with Gasteiger partial charge in [0.2, 0.25) is 17.6 Å². The third-order valence-corrected chi connectivity index (χ3v) is 4.20. The van der Waals surface area contributed by atoms with Gasteiger partial charge in [-0.05, 0) is 17.7 Å². The number of aromatic nitrogens is 4. The van der Waals surface area contributed by atoms with E-state index in [0.29, 0.717) is 24.7 Å². The Bertz CT molecular complexity index is 1040. The van der Waals surface area contributed by atoms with Gasteiger partial charge in [0.1, 0.15) is 0 Å². The van der Waals surface area contributed by atoms with Crippen LogP contribution in [0.4, 0.5) is 5.69 Å². The zero-order chi connectivity index (χ0) is 19.2. The van der Waals surface area contributed by atoms with E-state index in [1.165, 1.54) is 0 Å². The Balaban J connectivity index is 1.32. The Labute approximate surface area is 162 Å². The van der Waals surface area contributed by atoms with Gasteiger partial charge in [0.05, 0.1) is 6.33 Å². The molecule has 0 saturated heterocycles. The lowest BCUT2D eigenvalue weighted by atomic mass is 10.2. The maximum atomic E-state index is 12.3. The second kappa shape index (κ2) is 8.30. The third-order valence-electron chi connectivity index (χ3n) is 4.20. The molecule has 0 atom stereocenters. The van der Waals surface area contributed by atoms with Gasteiger partial charge in [-0.1, -0.05) is 47.6 Å². The Morgan fingerprint density at radius 1 is 1.11 bits per heavy atom. The number of imidazole rings is 1. The molecule has 0 aliphatic rings. The van der Waals surface area contributed by atoms with Crippen LogP contribution in [-0.4, -0.2) is 25.6 Å². The average molecular weight is 373 g/mol. The highest BCUT2D eigenvalue weighted by atomic mass is 16.5. The van der Waals surface area contributed by atoms with Gasteiger partial charge in [-0.15, -0.1) is 0 Å². The number of anilines is 1. The lowest BCUT2D eigenvalue weighted by Gasteiger charge is -2.07. The molecule has 0 spiro atoms. The maximum absolute atomic E-state index is 12.3. The van der Waals surface area contributed by atoms with Gasteiger partial charge in [-0.2, -0.15) is 4.98 Å². The van der Waals surface area contributed by atoms with Gasteiger partial charge in [0, 0.05) is 43.0 Å². The van der Waals surface area contributed by atoms with E-state index < -0.39 is 0 Å². The minimum absolute atomic E-state index is 0.0979. The number of rotatable bonds is 7. The van der Waals surface area contributed by atoms with Crippen molar-refractivity contribution in [3.8, 4) is 11.4 Å². The van der Waals surface area contributed by atoms with Crippen LogP contribution >= 0.6 is 0 Å². The van der Waals surface area contributed by atoms with Crippen molar-refractivity contribution < 1.29 is 9.32 Å². The van der Waals surface area contributed by atoms with Gasteiger partial charge in [-0.3, -0.25) is 4.79 Å². The van der Waals surface area contributed by atoms with Crippen LogP contribution in [0.2, 0.25) is 0 Å². The Hall–Kier alpha value is -3.74. The van der Waals surface area contributed by atoms with Gasteiger partial charge in [0.25, 0.3) is 0 Å². The first-order chi connectivity index (χ1) is 13.8. The van der Waals surface area contributed by atoms with Gasteiger partial charge < -0.3 is 14.4 Å². The largest absolute Gasteiger partial charge is 0.339 e. The summed E-state index contributed by atoms with van der Waals surface area (Å²) in [6.45, 7) is 0.702. The van der Waals surface area contributed by atoms with Crippen LogP contribution in [0.15, 0.2) is 77.8 Å². The minimum Gasteiger partial charge on any atom is -0.339 e. The van der Waals surface area contributed by atoms with Crippen molar-refractivity contribution in [2.24, 2.45) is 0 Å². The summed E-state index contributed by atoms with van der Waals surface area (Å²) >= 11 is 0. The van der Waals surface area contributed by atoms with Crippen molar-refractivity contribution in [3.05, 3.63) is 84.8 Å². The molecule has 0 unspecified atom stereocenters. The van der Waals surface area contributed by atoms with Crippen molar-refractivity contribution >= 4 is 11.6 Å². The molecule has 140 valence electrons. The van der Waals surface area contributed by atoms with E-state index in [0.717, 1.165) is 16.8 Å². The Kier molecular flexibility index (Phi) is 5.24. The Morgan fingerprint density at radius 2 is 2.00 bits per heavy atom. The maximum Gasteiger partial charge on any atom is 0.227 e. The fraction of sp³-hybridized carbons (Fsp3) is 0.143. The molecule has 28 heavy (non-hydrogen) atoms. The number of benzene rings is 2. The molecular weight excluding hydrogens is 354 g/mol. The summed E-state index contributed by atoms with van der Waals surface area (Å²) in [7, 11) is 0. The molecule has 0 aliphatic carbocycles. The summed E-state index contributed by atoms with van der Waals surface area (Å²) in [5, 5.41) is 6.89. The van der Waals surface area contributed by atoms with Crippen molar-refractivity contribution in [1.29, 1.82) is 0 Å². The summed E-state index contributed by atoms with van der Waals surface area (Å²) in [6.07, 6.45) is 6.06. The number of hydrogen-bond acceptors (Lipinski definition) is 5. The van der Waals surface area contributed by atoms with Crippen LogP contribution in [0.3, 0.4) is 0 Å². The van der Waals surface area contributed by atoms with Crippen LogP contribution < -0.4 is 5.32 Å². The van der Waals surface area contributed by atoms with E-state index in [9.17, 15) is 4.79 Å². The predicted molar refractivity (Wildman–Crippen MR) is 104 cm³/mol. The highest BCUT2D eigenvalue weighted by molar-refractivity contribution is 5.90. The number of carbonyl (C=O) groups is 1. The number of aryl methyl sites for hydroxylation is 1. The van der Waals surface area contributed by atoms with Gasteiger partial charge >= 0.3 is 0 Å². The number of nitrogens with zero attached hydrogens (tertiary/aromatic N) is 4. The molecule has 7 heteroatoms. The van der Waals surface area contributed by atoms with Crippen molar-refractivity contribution in [2.45, 2.75) is 19.4 Å². The number of nitrogens with one attached hydrogen (secondary N) is 1. The molecule has 2 aromatic heterocycles. The van der Waals surface area contributed by atoms with E-state index in [1.54, 1.807) is 12.5 Å². The van der Waals surface area contributed by atoms with Crippen molar-refractivity contribution in [2.75, 3.05) is 5.32 Å². The SMILES string of the molecule is O=C(CCc1nc(-c2ccccc2)no1)Nc1cccc(Cn2ccnc2)c1. The van der Waals surface area contributed by atoms with E-state index >= 15 is 0 Å². The summed E-state index contributed by atoms with van der Waals surface area (Å²) < 4.78 is 7.22. The fourth-order valence-corrected chi connectivity index (χ4v) is 2.84. The van der Waals surface area contributed by atoms with Gasteiger partial charge in [-0.25, -0.2) is 4.98 Å². The zero-order valence-corrected chi connectivity index (χ0v) is 15.2. The molecular formula is C21H19N5O2. The van der Waals surface area contributed by atoms with E-state index in [4.69, 9.17) is 4.52 Å². The van der Waals surface area contributed by atoms with Crippen LogP contribution in [0.25, 0.3) is 11.4 Å². The number of carbonyl (C=O) groups excluding carboxylic acids is 1. The zero-order valence-electron chi connectivity index (χ0n) is 15.2. The molecule has 2 heterocycles. The molecule has 4 rings (SSSR count). The predicted octanol–water partition coefficient (Wildman–Crippen LogP) is 3.55. The molecule has 0 fully saturated rings.